The van der Waals surface area contributed by atoms with Gasteiger partial charge >= 0.3 is 0 Å². The van der Waals surface area contributed by atoms with Crippen LogP contribution in [0.5, 0.6) is 0 Å². The fourth-order valence-corrected chi connectivity index (χ4v) is 9.33. The van der Waals surface area contributed by atoms with E-state index in [0.717, 1.165) is 11.1 Å². The highest BCUT2D eigenvalue weighted by Gasteiger charge is 2.29. The average molecular weight is 1480 g/mol. The quantitative estimate of drug-likeness (QED) is 0.0180. The van der Waals surface area contributed by atoms with Crippen LogP contribution in [0.3, 0.4) is 0 Å². The van der Waals surface area contributed by atoms with E-state index < -0.39 is 122 Å². The molecule has 0 heterocycles. The van der Waals surface area contributed by atoms with Crippen LogP contribution in [0, 0.1) is 11.8 Å². The molecule has 0 spiro atoms. The fraction of sp³-hybridized carbons (Fsp3) is 0.603. The predicted molar refractivity (Wildman–Crippen MR) is 362 cm³/mol. The van der Waals surface area contributed by atoms with Gasteiger partial charge < -0.3 is 97.3 Å². The second kappa shape index (κ2) is 52.0. The molecule has 0 bridgehead atoms. The Kier molecular flexibility index (Phi) is 46.1. The molecule has 33 heteroatoms. The first-order valence-corrected chi connectivity index (χ1v) is 35.3. The highest BCUT2D eigenvalue weighted by molar-refractivity contribution is 14.2. The Morgan fingerprint density at radius 3 is 1.34 bits per heavy atom. The van der Waals surface area contributed by atoms with Gasteiger partial charge in [0.1, 0.15) is 49.8 Å². The molecule has 5 atom stereocenters. The summed E-state index contributed by atoms with van der Waals surface area (Å²) in [5, 5.41) is 43.6. The summed E-state index contributed by atoms with van der Waals surface area (Å²) in [6.07, 6.45) is 0.796. The largest absolute Gasteiger partial charge is 0.826 e. The molecule has 0 fully saturated rings. The maximum Gasteiger partial charge on any atom is 0.246 e. The van der Waals surface area contributed by atoms with Gasteiger partial charge in [-0.3, -0.25) is 57.5 Å². The first kappa shape index (κ1) is 84.9. The summed E-state index contributed by atoms with van der Waals surface area (Å²) < 4.78 is 31.8. The van der Waals surface area contributed by atoms with Gasteiger partial charge in [0.25, 0.3) is 0 Å². The zero-order chi connectivity index (χ0) is 70.9. The Balaban J connectivity index is 1.80. The van der Waals surface area contributed by atoms with Crippen molar-refractivity contribution in [2.75, 3.05) is 132 Å². The number of benzene rings is 2. The third kappa shape index (κ3) is 43.1. The van der Waals surface area contributed by atoms with Gasteiger partial charge in [-0.25, -0.2) is 0 Å². The van der Waals surface area contributed by atoms with E-state index in [1.54, 1.807) is 30.3 Å². The zero-order valence-electron chi connectivity index (χ0n) is 55.6. The maximum atomic E-state index is 13.6. The van der Waals surface area contributed by atoms with Gasteiger partial charge in [-0.2, -0.15) is 0 Å². The SMILES string of the molecule is COCCOCC(=O)NCC(=O)NC(CCC(=O)NCCOCCOCC(=O)NCC(=O)NC(Cc1ccccc1)C(=O)NC(CC(C)C)C(=O)NCC(C)=O)C(=O)NCCOCCOCC(=O)NCC(=O)NC(Cc1ccccc1)C(=O)NC(CNCC([O-])=PI)CC(C)C. The Labute approximate surface area is 575 Å². The Morgan fingerprint density at radius 2 is 0.885 bits per heavy atom. The lowest BCUT2D eigenvalue weighted by Crippen LogP contribution is -2.56. The second-order valence-electron chi connectivity index (χ2n) is 22.7. The first-order valence-electron chi connectivity index (χ1n) is 31.6. The molecule has 0 saturated heterocycles. The van der Waals surface area contributed by atoms with Gasteiger partial charge in [0.15, 0.2) is 0 Å². The molecule has 5 unspecified atom stereocenters. The molecule has 0 aliphatic rings. The van der Waals surface area contributed by atoms with E-state index in [0.29, 0.717) is 18.8 Å². The van der Waals surface area contributed by atoms with Crippen LogP contribution in [0.1, 0.15) is 71.4 Å². The van der Waals surface area contributed by atoms with Gasteiger partial charge in [-0.15, -0.1) is 5.48 Å². The van der Waals surface area contributed by atoms with Crippen molar-refractivity contribution in [2.45, 2.75) is 103 Å². The topological polar surface area (TPSA) is 428 Å². The van der Waals surface area contributed by atoms with Gasteiger partial charge in [0, 0.05) is 58.6 Å². The van der Waals surface area contributed by atoms with Crippen molar-refractivity contribution in [3.05, 3.63) is 71.8 Å². The number of nitrogens with one attached hydrogen (secondary N) is 12. The number of methoxy groups -OCH3 is 1. The molecule has 536 valence electrons. The molecule has 0 aliphatic carbocycles. The number of amides is 11. The van der Waals surface area contributed by atoms with E-state index in [2.05, 4.69) is 63.8 Å². The van der Waals surface area contributed by atoms with Crippen LogP contribution in [0.25, 0.3) is 0 Å². The number of hydrogen-bond acceptors (Lipinski definition) is 20. The minimum absolute atomic E-state index is 0.00235. The minimum Gasteiger partial charge on any atom is -0.826 e. The lowest BCUT2D eigenvalue weighted by Gasteiger charge is -2.26. The van der Waals surface area contributed by atoms with Crippen molar-refractivity contribution in [1.29, 1.82) is 0 Å². The summed E-state index contributed by atoms with van der Waals surface area (Å²) in [5.41, 5.74) is 1.53. The number of carbonyl (C=O) groups excluding carboxylic acids is 12. The van der Waals surface area contributed by atoms with Crippen molar-refractivity contribution in [3.63, 3.8) is 0 Å². The molecule has 0 aliphatic heterocycles. The normalized spacial score (nSPS) is 12.8. The molecule has 2 aromatic carbocycles. The van der Waals surface area contributed by atoms with Crippen molar-refractivity contribution < 1.29 is 91.1 Å². The van der Waals surface area contributed by atoms with Gasteiger partial charge in [0.05, 0.1) is 79.0 Å². The van der Waals surface area contributed by atoms with E-state index in [1.807, 2.05) is 80.1 Å². The van der Waals surface area contributed by atoms with Crippen LogP contribution >= 0.6 is 27.9 Å². The van der Waals surface area contributed by atoms with E-state index in [9.17, 15) is 62.6 Å². The third-order valence-corrected chi connectivity index (χ3v) is 15.2. The summed E-state index contributed by atoms with van der Waals surface area (Å²) >= 11 is 1.97. The molecule has 0 radical (unpaired) electrons. The van der Waals surface area contributed by atoms with Crippen molar-refractivity contribution in [1.82, 2.24) is 63.8 Å². The standard InChI is InChI=1S/C63H98IN12O19P/c1-42(2)29-47(34-65-38-59(85)96-64)72-62(88)50(31-45-13-9-7-10-14-45)74-54(80)36-69-57(83)41-95-28-26-92-22-20-67-60(86)48(73-53(79)35-68-56(82)39-93-24-23-90-6)17-18-52(78)66-19-21-91-25-27-94-40-58(84)70-37-55(81)75-51(32-46-15-11-8-12-16-46)63(89)76-49(30-43(3)4)61(87)71-33-44(5)77/h7-16,42-43,47-51,65,85H,17-41H2,1-6H3,(H,66,78)(H,67,86)(H,68,82)(H,69,83)(H,70,84)(H,71,87)(H,72,88)(H,73,79)(H,74,80)(H,75,81)(H,76,89)/p-1. The number of Topliss-reactive ketones (excluding diaryl/α,β-unsaturated/α-hetero) is 1. The van der Waals surface area contributed by atoms with E-state index in [-0.39, 0.29) is 147 Å². The average Bonchev–Trinajstić information content (AvgIpc) is 1.62. The summed E-state index contributed by atoms with van der Waals surface area (Å²) in [6.45, 7) is 7.18. The number of hydrogen-bond donors (Lipinski definition) is 12. The fourth-order valence-electron chi connectivity index (χ4n) is 8.64. The monoisotopic (exact) mass is 1480 g/mol. The van der Waals surface area contributed by atoms with Crippen LogP contribution in [0.2, 0.25) is 0 Å². The molecule has 96 heavy (non-hydrogen) atoms. The molecular weight excluding hydrogens is 1390 g/mol. The molecule has 2 rings (SSSR count). The number of halogens is 1. The van der Waals surface area contributed by atoms with Gasteiger partial charge in [-0.1, -0.05) is 88.4 Å². The molecule has 2 aromatic rings. The van der Waals surface area contributed by atoms with E-state index >= 15 is 0 Å². The van der Waals surface area contributed by atoms with Crippen LogP contribution in [0.15, 0.2) is 60.7 Å². The number of ether oxygens (including phenoxy) is 6. The molecule has 12 N–H and O–H groups in total. The van der Waals surface area contributed by atoms with Gasteiger partial charge in [-0.05, 0) is 77.0 Å². The highest BCUT2D eigenvalue weighted by Crippen LogP contribution is 2.11. The van der Waals surface area contributed by atoms with Crippen molar-refractivity contribution in [2.24, 2.45) is 11.8 Å². The smallest absolute Gasteiger partial charge is 0.246 e. The summed E-state index contributed by atoms with van der Waals surface area (Å²) in [6, 6.07) is 13.4. The Hall–Kier alpha value is -7.14. The molecular formula is C63H97IN12O19P-. The van der Waals surface area contributed by atoms with Crippen molar-refractivity contribution in [3.8, 4) is 0 Å². The summed E-state index contributed by atoms with van der Waals surface area (Å²) in [7, 11) is 1.47. The summed E-state index contributed by atoms with van der Waals surface area (Å²) in [4.78, 5) is 154. The van der Waals surface area contributed by atoms with Crippen LogP contribution < -0.4 is 68.9 Å². The number of ketones is 1. The predicted octanol–water partition coefficient (Wildman–Crippen LogP) is -2.84. The number of carbonyl (C=O) groups is 12. The Bertz CT molecular complexity index is 2740. The lowest BCUT2D eigenvalue weighted by molar-refractivity contribution is -0.211. The Morgan fingerprint density at radius 1 is 0.448 bits per heavy atom. The summed E-state index contributed by atoms with van der Waals surface area (Å²) in [5.74, 6) is -6.01. The van der Waals surface area contributed by atoms with E-state index in [1.165, 1.54) is 14.0 Å². The minimum atomic E-state index is -1.22. The maximum absolute atomic E-state index is 13.6. The van der Waals surface area contributed by atoms with E-state index in [4.69, 9.17) is 28.4 Å². The van der Waals surface area contributed by atoms with Crippen molar-refractivity contribution >= 4 is 104 Å². The molecule has 0 saturated carbocycles. The molecule has 11 amide bonds. The first-order chi connectivity index (χ1) is 46.0. The third-order valence-electron chi connectivity index (χ3n) is 13.2. The molecule has 31 nitrogen and oxygen atoms in total. The molecule has 0 aromatic heterocycles. The zero-order valence-corrected chi connectivity index (χ0v) is 58.6. The lowest BCUT2D eigenvalue weighted by atomic mass is 10.0. The van der Waals surface area contributed by atoms with Gasteiger partial charge in [0.2, 0.25) is 65.0 Å². The highest BCUT2D eigenvalue weighted by atomic mass is 127. The van der Waals surface area contributed by atoms with Crippen LogP contribution in [-0.4, -0.2) is 239 Å². The number of rotatable bonds is 53. The van der Waals surface area contributed by atoms with Crippen LogP contribution in [0.4, 0.5) is 0 Å². The second-order valence-corrected chi connectivity index (χ2v) is 24.8. The van der Waals surface area contributed by atoms with Crippen LogP contribution in [-0.2, 0) is 98.8 Å².